The van der Waals surface area contributed by atoms with Gasteiger partial charge in [-0.15, -0.1) is 0 Å². The molecule has 2 rings (SSSR count). The Morgan fingerprint density at radius 1 is 1.33 bits per heavy atom. The third kappa shape index (κ3) is 2.26. The van der Waals surface area contributed by atoms with Crippen LogP contribution in [0, 0.1) is 17.5 Å². The zero-order chi connectivity index (χ0) is 13.3. The van der Waals surface area contributed by atoms with E-state index in [9.17, 15) is 18.0 Å². The predicted molar refractivity (Wildman–Crippen MR) is 58.0 cm³/mol. The van der Waals surface area contributed by atoms with Crippen LogP contribution in [0.25, 0.3) is 0 Å². The summed E-state index contributed by atoms with van der Waals surface area (Å²) in [4.78, 5) is 12.1. The summed E-state index contributed by atoms with van der Waals surface area (Å²) < 4.78 is 40.0. The lowest BCUT2D eigenvalue weighted by atomic mass is 10.1. The zero-order valence-corrected chi connectivity index (χ0v) is 9.29. The van der Waals surface area contributed by atoms with Crippen LogP contribution in [0.4, 0.5) is 18.9 Å². The van der Waals surface area contributed by atoms with Crippen molar-refractivity contribution in [1.29, 1.82) is 0 Å². The summed E-state index contributed by atoms with van der Waals surface area (Å²) in [7, 11) is 0. The summed E-state index contributed by atoms with van der Waals surface area (Å²) in [5.74, 6) is -4.41. The van der Waals surface area contributed by atoms with Crippen LogP contribution in [-0.2, 0) is 4.79 Å². The number of rotatable bonds is 2. The average molecular weight is 260 g/mol. The summed E-state index contributed by atoms with van der Waals surface area (Å²) in [5.41, 5.74) is -0.495. The largest absolute Gasteiger partial charge is 0.480 e. The first-order valence-electron chi connectivity index (χ1n) is 5.35. The summed E-state index contributed by atoms with van der Waals surface area (Å²) in [6, 6.07) is 0.00633. The van der Waals surface area contributed by atoms with Gasteiger partial charge in [-0.25, -0.2) is 18.0 Å². The fraction of sp³-hybridized carbons (Fsp3) is 0.364. The van der Waals surface area contributed by atoms with Gasteiger partial charge >= 0.3 is 5.97 Å². The molecule has 1 atom stereocenters. The van der Waals surface area contributed by atoms with Crippen LogP contribution in [0.1, 0.15) is 0 Å². The Morgan fingerprint density at radius 3 is 2.50 bits per heavy atom. The van der Waals surface area contributed by atoms with Crippen LogP contribution < -0.4 is 10.2 Å². The molecule has 1 aliphatic rings. The number of carboxylic acid groups (broad SMARTS) is 1. The summed E-state index contributed by atoms with van der Waals surface area (Å²) in [6.07, 6.45) is 0. The number of halogens is 3. The second-order valence-corrected chi connectivity index (χ2v) is 3.97. The second-order valence-electron chi connectivity index (χ2n) is 3.97. The molecule has 1 aromatic carbocycles. The maximum Gasteiger partial charge on any atom is 0.327 e. The van der Waals surface area contributed by atoms with E-state index < -0.39 is 35.2 Å². The quantitative estimate of drug-likeness (QED) is 0.832. The number of benzene rings is 1. The lowest BCUT2D eigenvalue weighted by molar-refractivity contribution is -0.138. The average Bonchev–Trinajstić information content (AvgIpc) is 2.28. The highest BCUT2D eigenvalue weighted by molar-refractivity contribution is 5.79. The molecule has 1 aliphatic heterocycles. The Labute approximate surface area is 101 Å². The van der Waals surface area contributed by atoms with Gasteiger partial charge in [0.1, 0.15) is 17.5 Å². The van der Waals surface area contributed by atoms with Crippen molar-refractivity contribution in [3.05, 3.63) is 29.6 Å². The lowest BCUT2D eigenvalue weighted by Gasteiger charge is -2.35. The smallest absolute Gasteiger partial charge is 0.327 e. The van der Waals surface area contributed by atoms with Gasteiger partial charge < -0.3 is 15.3 Å². The Hall–Kier alpha value is -1.76. The predicted octanol–water partition coefficient (Wildman–Crippen LogP) is 0.967. The first kappa shape index (κ1) is 12.7. The van der Waals surface area contributed by atoms with Crippen LogP contribution in [0.3, 0.4) is 0 Å². The van der Waals surface area contributed by atoms with Gasteiger partial charge in [-0.2, -0.15) is 0 Å². The van der Waals surface area contributed by atoms with Crippen LogP contribution in [0.15, 0.2) is 12.1 Å². The second kappa shape index (κ2) is 4.85. The number of nitrogens with zero attached hydrogens (tertiary/aromatic N) is 1. The molecule has 1 saturated heterocycles. The summed E-state index contributed by atoms with van der Waals surface area (Å²) >= 11 is 0. The lowest BCUT2D eigenvalue weighted by Crippen LogP contribution is -2.55. The van der Waals surface area contributed by atoms with Crippen molar-refractivity contribution in [3.63, 3.8) is 0 Å². The minimum atomic E-state index is -1.19. The Bertz CT molecular complexity index is 458. The van der Waals surface area contributed by atoms with Gasteiger partial charge in [-0.1, -0.05) is 0 Å². The third-order valence-electron chi connectivity index (χ3n) is 2.80. The van der Waals surface area contributed by atoms with E-state index in [0.29, 0.717) is 18.7 Å². The standard InChI is InChI=1S/C11H11F3N2O2/c12-6-3-7(13)10(8(14)4-6)16-2-1-15-5-9(16)11(17)18/h3-4,9,15H,1-2,5H2,(H,17,18). The molecule has 7 heteroatoms. The van der Waals surface area contributed by atoms with E-state index in [2.05, 4.69) is 5.32 Å². The third-order valence-corrected chi connectivity index (χ3v) is 2.80. The normalized spacial score (nSPS) is 19.9. The van der Waals surface area contributed by atoms with Gasteiger partial charge in [-0.3, -0.25) is 0 Å². The number of hydrogen-bond acceptors (Lipinski definition) is 3. The van der Waals surface area contributed by atoms with Gasteiger partial charge in [0.25, 0.3) is 0 Å². The van der Waals surface area contributed by atoms with E-state index in [1.165, 1.54) is 0 Å². The highest BCUT2D eigenvalue weighted by atomic mass is 19.1. The molecule has 0 aromatic heterocycles. The number of carboxylic acids is 1. The molecule has 0 radical (unpaired) electrons. The monoisotopic (exact) mass is 260 g/mol. The Morgan fingerprint density at radius 2 is 1.94 bits per heavy atom. The summed E-state index contributed by atoms with van der Waals surface area (Å²) in [5, 5.41) is 11.8. The minimum Gasteiger partial charge on any atom is -0.480 e. The van der Waals surface area contributed by atoms with Gasteiger partial charge in [0.15, 0.2) is 11.6 Å². The number of aliphatic carboxylic acids is 1. The first-order valence-corrected chi connectivity index (χ1v) is 5.35. The van der Waals surface area contributed by atoms with Crippen molar-refractivity contribution < 1.29 is 23.1 Å². The number of hydrogen-bond donors (Lipinski definition) is 2. The minimum absolute atomic E-state index is 0.0750. The molecule has 1 aromatic rings. The van der Waals surface area contributed by atoms with E-state index in [4.69, 9.17) is 5.11 Å². The van der Waals surface area contributed by atoms with Crippen LogP contribution in [-0.4, -0.2) is 36.8 Å². The molecular weight excluding hydrogens is 249 g/mol. The Kier molecular flexibility index (Phi) is 3.42. The van der Waals surface area contributed by atoms with Gasteiger partial charge in [-0.05, 0) is 0 Å². The van der Waals surface area contributed by atoms with Gasteiger partial charge in [0.05, 0.1) is 0 Å². The van der Waals surface area contributed by atoms with Crippen LogP contribution in [0.5, 0.6) is 0 Å². The zero-order valence-electron chi connectivity index (χ0n) is 9.29. The molecule has 1 heterocycles. The molecule has 0 saturated carbocycles. The number of nitrogens with one attached hydrogen (secondary N) is 1. The van der Waals surface area contributed by atoms with E-state index in [1.54, 1.807) is 0 Å². The summed E-state index contributed by atoms with van der Waals surface area (Å²) in [6.45, 7) is 0.613. The van der Waals surface area contributed by atoms with Crippen molar-refractivity contribution in [2.75, 3.05) is 24.5 Å². The molecular formula is C11H11F3N2O2. The first-order chi connectivity index (χ1) is 8.50. The number of anilines is 1. The molecule has 1 unspecified atom stereocenters. The molecule has 1 fully saturated rings. The molecule has 0 amide bonds. The highest BCUT2D eigenvalue weighted by Gasteiger charge is 2.32. The molecule has 0 spiro atoms. The van der Waals surface area contributed by atoms with Crippen molar-refractivity contribution in [2.45, 2.75) is 6.04 Å². The highest BCUT2D eigenvalue weighted by Crippen LogP contribution is 2.27. The van der Waals surface area contributed by atoms with Crippen LogP contribution in [0.2, 0.25) is 0 Å². The van der Waals surface area contributed by atoms with E-state index in [1.807, 2.05) is 0 Å². The van der Waals surface area contributed by atoms with E-state index in [0.717, 1.165) is 4.90 Å². The van der Waals surface area contributed by atoms with Crippen molar-refractivity contribution in [2.24, 2.45) is 0 Å². The molecule has 2 N–H and O–H groups in total. The van der Waals surface area contributed by atoms with Gasteiger partial charge in [0.2, 0.25) is 0 Å². The fourth-order valence-electron chi connectivity index (χ4n) is 2.00. The van der Waals surface area contributed by atoms with Crippen molar-refractivity contribution in [1.82, 2.24) is 5.32 Å². The SMILES string of the molecule is O=C(O)C1CNCCN1c1c(F)cc(F)cc1F. The topological polar surface area (TPSA) is 52.6 Å². The van der Waals surface area contributed by atoms with E-state index >= 15 is 0 Å². The maximum atomic E-state index is 13.6. The van der Waals surface area contributed by atoms with Gasteiger partial charge in [0, 0.05) is 31.8 Å². The molecule has 0 aliphatic carbocycles. The molecule has 0 bridgehead atoms. The maximum absolute atomic E-state index is 13.6. The molecule has 18 heavy (non-hydrogen) atoms. The van der Waals surface area contributed by atoms with Crippen molar-refractivity contribution in [3.8, 4) is 0 Å². The van der Waals surface area contributed by atoms with Crippen LogP contribution >= 0.6 is 0 Å². The van der Waals surface area contributed by atoms with E-state index in [-0.39, 0.29) is 13.1 Å². The molecule has 98 valence electrons. The number of piperazine rings is 1. The molecule has 4 nitrogen and oxygen atoms in total. The van der Waals surface area contributed by atoms with Crippen molar-refractivity contribution >= 4 is 11.7 Å². The number of carbonyl (C=O) groups is 1. The fourth-order valence-corrected chi connectivity index (χ4v) is 2.00. The Balaban J connectivity index is 2.43.